The minimum Gasteiger partial charge on any atom is -0.371 e. The average Bonchev–Trinajstić information content (AvgIpc) is 3.67. The normalized spacial score (nSPS) is 29.6. The lowest BCUT2D eigenvalue weighted by Crippen LogP contribution is -2.56. The Hall–Kier alpha value is -2.65. The van der Waals surface area contributed by atoms with Crippen molar-refractivity contribution in [2.24, 2.45) is 16.8 Å². The van der Waals surface area contributed by atoms with E-state index in [2.05, 4.69) is 61.7 Å². The largest absolute Gasteiger partial charge is 0.371 e. The van der Waals surface area contributed by atoms with Crippen molar-refractivity contribution in [3.05, 3.63) is 59.4 Å². The highest BCUT2D eigenvalue weighted by Gasteiger charge is 2.46. The first-order valence-electron chi connectivity index (χ1n) is 12.8. The molecule has 5 nitrogen and oxygen atoms in total. The van der Waals surface area contributed by atoms with Crippen LogP contribution in [0.15, 0.2) is 64.4 Å². The third kappa shape index (κ3) is 4.63. The molecule has 2 heterocycles. The highest BCUT2D eigenvalue weighted by atomic mass is 19.1. The van der Waals surface area contributed by atoms with Crippen LogP contribution in [0.3, 0.4) is 0 Å². The van der Waals surface area contributed by atoms with Crippen LogP contribution in [-0.2, 0) is 0 Å². The number of rotatable bonds is 9. The topological polar surface area (TPSA) is 54.7 Å². The van der Waals surface area contributed by atoms with E-state index in [1.165, 1.54) is 18.4 Å². The van der Waals surface area contributed by atoms with E-state index < -0.39 is 0 Å². The maximum absolute atomic E-state index is 15.0. The highest BCUT2D eigenvalue weighted by Crippen LogP contribution is 2.50. The van der Waals surface area contributed by atoms with Gasteiger partial charge in [0.15, 0.2) is 0 Å². The molecule has 2 fully saturated rings. The van der Waals surface area contributed by atoms with Crippen molar-refractivity contribution in [2.75, 3.05) is 20.1 Å². The first-order chi connectivity index (χ1) is 16.4. The number of halogens is 1. The van der Waals surface area contributed by atoms with Gasteiger partial charge in [-0.15, -0.1) is 0 Å². The van der Waals surface area contributed by atoms with Gasteiger partial charge in [0.1, 0.15) is 17.6 Å². The zero-order chi connectivity index (χ0) is 24.4. The van der Waals surface area contributed by atoms with E-state index >= 15 is 0 Å². The fourth-order valence-corrected chi connectivity index (χ4v) is 5.96. The van der Waals surface area contributed by atoms with Crippen molar-refractivity contribution in [1.29, 1.82) is 5.26 Å². The molecule has 0 aromatic carbocycles. The van der Waals surface area contributed by atoms with Crippen LogP contribution in [0.2, 0.25) is 0 Å². The quantitative estimate of drug-likeness (QED) is 0.508. The Bertz CT molecular complexity index is 1010. The molecule has 0 spiro atoms. The SMILES string of the molecule is C=CNC1=CCC(C#N)N=C1/C(=C\CC)N(C)CC1C2CC(=C(F)C=C2C2CC2)C(C)N1CC. The molecule has 4 aliphatic rings. The van der Waals surface area contributed by atoms with E-state index in [1.54, 1.807) is 6.20 Å². The molecule has 0 aromatic heterocycles. The number of nitrogens with zero attached hydrogens (tertiary/aromatic N) is 4. The van der Waals surface area contributed by atoms with Gasteiger partial charge in [-0.25, -0.2) is 4.39 Å². The van der Waals surface area contributed by atoms with Crippen LogP contribution in [0.4, 0.5) is 4.39 Å². The number of nitrogens with one attached hydrogen (secondary N) is 1. The van der Waals surface area contributed by atoms with E-state index in [0.717, 1.165) is 48.6 Å². The van der Waals surface area contributed by atoms with E-state index in [1.807, 2.05) is 12.2 Å². The third-order valence-corrected chi connectivity index (χ3v) is 7.78. The lowest BCUT2D eigenvalue weighted by molar-refractivity contribution is 0.0760. The maximum Gasteiger partial charge on any atom is 0.141 e. The summed E-state index contributed by atoms with van der Waals surface area (Å²) in [5, 5.41) is 12.8. The van der Waals surface area contributed by atoms with E-state index in [-0.39, 0.29) is 17.9 Å². The van der Waals surface area contributed by atoms with Crippen LogP contribution in [-0.4, -0.2) is 53.8 Å². The van der Waals surface area contributed by atoms with Crippen LogP contribution in [0.25, 0.3) is 0 Å². The Balaban J connectivity index is 1.65. The Morgan fingerprint density at radius 2 is 2.18 bits per heavy atom. The molecular weight excluding hydrogens is 425 g/mol. The average molecular weight is 464 g/mol. The van der Waals surface area contributed by atoms with Gasteiger partial charge in [0.2, 0.25) is 0 Å². The fourth-order valence-electron chi connectivity index (χ4n) is 5.96. The van der Waals surface area contributed by atoms with Gasteiger partial charge in [0, 0.05) is 38.0 Å². The molecular formula is C28H38FN5. The predicted octanol–water partition coefficient (Wildman–Crippen LogP) is 5.24. The Morgan fingerprint density at radius 1 is 1.41 bits per heavy atom. The van der Waals surface area contributed by atoms with Crippen LogP contribution < -0.4 is 5.32 Å². The van der Waals surface area contributed by atoms with Gasteiger partial charge < -0.3 is 10.2 Å². The summed E-state index contributed by atoms with van der Waals surface area (Å²) in [5.74, 6) is 0.908. The van der Waals surface area contributed by atoms with Crippen molar-refractivity contribution < 1.29 is 4.39 Å². The van der Waals surface area contributed by atoms with Crippen molar-refractivity contribution in [1.82, 2.24) is 15.1 Å². The molecule has 1 N–H and O–H groups in total. The number of hydrogen-bond donors (Lipinski definition) is 1. The number of dihydropyridines is 1. The molecule has 1 saturated carbocycles. The van der Waals surface area contributed by atoms with Crippen LogP contribution in [0, 0.1) is 23.2 Å². The first kappa shape index (κ1) is 24.5. The number of piperidine rings is 1. The molecule has 6 heteroatoms. The van der Waals surface area contributed by atoms with Crippen molar-refractivity contribution in [3.63, 3.8) is 0 Å². The molecule has 4 rings (SSSR count). The van der Waals surface area contributed by atoms with Crippen LogP contribution >= 0.6 is 0 Å². The fraction of sp³-hybridized carbons (Fsp3) is 0.571. The van der Waals surface area contributed by atoms with Gasteiger partial charge in [-0.1, -0.05) is 38.2 Å². The zero-order valence-corrected chi connectivity index (χ0v) is 21.0. The number of fused-ring (bicyclic) bond motifs is 2. The molecule has 182 valence electrons. The smallest absolute Gasteiger partial charge is 0.141 e. The molecule has 0 amide bonds. The number of likely N-dealkylation sites (N-methyl/N-ethyl adjacent to an activating group) is 2. The summed E-state index contributed by atoms with van der Waals surface area (Å²) >= 11 is 0. The highest BCUT2D eigenvalue weighted by molar-refractivity contribution is 6.12. The van der Waals surface area contributed by atoms with Crippen molar-refractivity contribution in [3.8, 4) is 6.07 Å². The van der Waals surface area contributed by atoms with Gasteiger partial charge in [-0.2, -0.15) is 5.26 Å². The lowest BCUT2D eigenvalue weighted by Gasteiger charge is -2.50. The van der Waals surface area contributed by atoms with E-state index in [4.69, 9.17) is 4.99 Å². The van der Waals surface area contributed by atoms with Crippen LogP contribution in [0.5, 0.6) is 0 Å². The van der Waals surface area contributed by atoms with Gasteiger partial charge in [-0.05, 0) is 62.9 Å². The number of likely N-dealkylation sites (tertiary alicyclic amines) is 1. The summed E-state index contributed by atoms with van der Waals surface area (Å²) in [6, 6.07) is 2.33. The number of nitriles is 1. The molecule has 34 heavy (non-hydrogen) atoms. The Morgan fingerprint density at radius 3 is 2.79 bits per heavy atom. The molecule has 1 saturated heterocycles. The maximum atomic E-state index is 15.0. The second-order valence-electron chi connectivity index (χ2n) is 9.88. The number of allylic oxidation sites excluding steroid dienone is 3. The molecule has 4 atom stereocenters. The molecule has 0 aromatic rings. The summed E-state index contributed by atoms with van der Waals surface area (Å²) < 4.78 is 15.0. The van der Waals surface area contributed by atoms with Gasteiger partial charge in [0.25, 0.3) is 0 Å². The monoisotopic (exact) mass is 463 g/mol. The van der Waals surface area contributed by atoms with E-state index in [0.29, 0.717) is 24.3 Å². The van der Waals surface area contributed by atoms with Crippen molar-refractivity contribution in [2.45, 2.75) is 71.0 Å². The number of hydrogen-bond acceptors (Lipinski definition) is 5. The summed E-state index contributed by atoms with van der Waals surface area (Å²) in [5.41, 5.74) is 5.04. The number of aliphatic imine (C=N–C) groups is 1. The molecule has 2 bridgehead atoms. The zero-order valence-electron chi connectivity index (χ0n) is 21.0. The summed E-state index contributed by atoms with van der Waals surface area (Å²) in [6.45, 7) is 12.0. The first-order valence-corrected chi connectivity index (χ1v) is 12.8. The minimum absolute atomic E-state index is 0.00635. The molecule has 2 aliphatic carbocycles. The van der Waals surface area contributed by atoms with Gasteiger partial charge >= 0.3 is 0 Å². The standard InChI is InChI=1S/C28H38FN5/c1-6-9-26(28-25(31-7-2)13-12-20(16-30)32-28)33(5)17-27-23-14-21(18(4)34(27)8-3)24(29)15-22(23)19-10-11-19/h7,9,13,15,18-20,23,27,31H,2,6,8,10-12,14,17H2,1,3-5H3/b26-9+. The summed E-state index contributed by atoms with van der Waals surface area (Å²) in [6.07, 6.45) is 12.4. The summed E-state index contributed by atoms with van der Waals surface area (Å²) in [4.78, 5) is 9.58. The Kier molecular flexibility index (Phi) is 7.42. The predicted molar refractivity (Wildman–Crippen MR) is 137 cm³/mol. The van der Waals surface area contributed by atoms with E-state index in [9.17, 15) is 9.65 Å². The Labute approximate surface area is 204 Å². The van der Waals surface area contributed by atoms with Gasteiger partial charge in [0.05, 0.1) is 17.5 Å². The lowest BCUT2D eigenvalue weighted by atomic mass is 9.73. The minimum atomic E-state index is -0.376. The summed E-state index contributed by atoms with van der Waals surface area (Å²) in [7, 11) is 2.12. The van der Waals surface area contributed by atoms with Crippen LogP contribution in [0.1, 0.15) is 52.9 Å². The van der Waals surface area contributed by atoms with Gasteiger partial charge in [-0.3, -0.25) is 9.89 Å². The second kappa shape index (κ2) is 10.3. The molecule has 4 unspecified atom stereocenters. The molecule has 0 radical (unpaired) electrons. The third-order valence-electron chi connectivity index (χ3n) is 7.78. The molecule has 2 aliphatic heterocycles. The van der Waals surface area contributed by atoms with Crippen molar-refractivity contribution >= 4 is 5.71 Å². The second-order valence-corrected chi connectivity index (χ2v) is 9.88.